The molecule has 0 aliphatic rings. The molecule has 0 heterocycles. The van der Waals surface area contributed by atoms with Crippen LogP contribution in [0.15, 0.2) is 0 Å². The van der Waals surface area contributed by atoms with Crippen LogP contribution in [0.3, 0.4) is 0 Å². The van der Waals surface area contributed by atoms with Crippen molar-refractivity contribution in [1.82, 2.24) is 4.90 Å². The summed E-state index contributed by atoms with van der Waals surface area (Å²) in [6.45, 7) is 12.8. The Balaban J connectivity index is 3.98. The van der Waals surface area contributed by atoms with Crippen molar-refractivity contribution in [2.75, 3.05) is 18.4 Å². The average Bonchev–Trinajstić information content (AvgIpc) is 2.49. The molecular weight excluding hydrogens is 326 g/mol. The molecule has 0 N–H and O–H groups in total. The highest BCUT2D eigenvalue weighted by molar-refractivity contribution is 9.09. The molecule has 3 heteroatoms. The quantitative estimate of drug-likeness (QED) is 0.287. The van der Waals surface area contributed by atoms with Gasteiger partial charge in [0.15, 0.2) is 0 Å². The minimum absolute atomic E-state index is 0.324. The summed E-state index contributed by atoms with van der Waals surface area (Å²) >= 11 is 3.43. The van der Waals surface area contributed by atoms with Gasteiger partial charge in [-0.3, -0.25) is 4.79 Å². The topological polar surface area (TPSA) is 20.3 Å². The maximum absolute atomic E-state index is 12.3. The summed E-state index contributed by atoms with van der Waals surface area (Å²) < 4.78 is 0. The van der Waals surface area contributed by atoms with Crippen LogP contribution in [0, 0.1) is 13.8 Å². The van der Waals surface area contributed by atoms with Crippen LogP contribution < -0.4 is 0 Å². The molecule has 0 saturated heterocycles. The largest absolute Gasteiger partial charge is 0.343 e. The van der Waals surface area contributed by atoms with Crippen LogP contribution in [0.2, 0.25) is 0 Å². The van der Waals surface area contributed by atoms with Gasteiger partial charge in [0, 0.05) is 24.8 Å². The lowest BCUT2D eigenvalue weighted by atomic mass is 10.1. The summed E-state index contributed by atoms with van der Waals surface area (Å²) in [7, 11) is 0. The molecule has 0 unspecified atom stereocenters. The van der Waals surface area contributed by atoms with Crippen LogP contribution in [-0.2, 0) is 4.79 Å². The number of carbonyl (C=O) groups excluding carboxylic acids is 1. The first-order valence-corrected chi connectivity index (χ1v) is 9.62. The third-order valence-corrected chi connectivity index (χ3v) is 4.20. The molecule has 0 bridgehead atoms. The van der Waals surface area contributed by atoms with Gasteiger partial charge in [-0.25, -0.2) is 0 Å². The first kappa shape index (κ1) is 20.9. The molecule has 0 aromatic heterocycles. The number of halogens is 1. The van der Waals surface area contributed by atoms with E-state index in [1.54, 1.807) is 0 Å². The Kier molecular flexibility index (Phi) is 16.3. The lowest BCUT2D eigenvalue weighted by Gasteiger charge is -2.23. The Bertz CT molecular complexity index is 221. The number of amides is 1. The highest BCUT2D eigenvalue weighted by Gasteiger charge is 2.12. The molecule has 1 amide bonds. The van der Waals surface area contributed by atoms with Crippen molar-refractivity contribution in [3.8, 4) is 0 Å². The summed E-state index contributed by atoms with van der Waals surface area (Å²) in [4.78, 5) is 14.4. The minimum Gasteiger partial charge on any atom is -0.343 e. The van der Waals surface area contributed by atoms with Crippen LogP contribution in [0.4, 0.5) is 0 Å². The zero-order chi connectivity index (χ0) is 15.8. The Morgan fingerprint density at radius 2 is 1.29 bits per heavy atom. The van der Waals surface area contributed by atoms with Gasteiger partial charge < -0.3 is 4.90 Å². The molecule has 21 heavy (non-hydrogen) atoms. The molecule has 0 saturated carbocycles. The Hall–Kier alpha value is -0.0500. The predicted molar refractivity (Wildman–Crippen MR) is 94.4 cm³/mol. The first-order chi connectivity index (χ1) is 10.3. The molecule has 0 aliphatic carbocycles. The second-order valence-electron chi connectivity index (χ2n) is 5.58. The van der Waals surface area contributed by atoms with E-state index in [4.69, 9.17) is 13.8 Å². The fourth-order valence-corrected chi connectivity index (χ4v) is 2.71. The maximum Gasteiger partial charge on any atom is 0.222 e. The fourth-order valence-electron chi connectivity index (χ4n) is 2.31. The van der Waals surface area contributed by atoms with Gasteiger partial charge in [-0.2, -0.15) is 0 Å². The highest BCUT2D eigenvalue weighted by Crippen LogP contribution is 2.09. The molecule has 2 nitrogen and oxygen atoms in total. The number of unbranched alkanes of at least 4 members (excludes halogenated alkanes) is 8. The Morgan fingerprint density at radius 1 is 0.762 bits per heavy atom. The smallest absolute Gasteiger partial charge is 0.222 e. The van der Waals surface area contributed by atoms with E-state index in [0.717, 1.165) is 89.0 Å². The standard InChI is InChI=1S/C18H32BrNO/c1-3-5-7-12-16-20(17-13-8-6-4-2)18(21)14-10-9-11-15-19/h1-2H,3-17H2. The lowest BCUT2D eigenvalue weighted by Crippen LogP contribution is -2.32. The normalized spacial score (nSPS) is 10.8. The van der Waals surface area contributed by atoms with E-state index in [1.807, 2.05) is 0 Å². The number of rotatable bonds is 15. The van der Waals surface area contributed by atoms with Gasteiger partial charge in [0.25, 0.3) is 0 Å². The third-order valence-electron chi connectivity index (χ3n) is 3.64. The molecule has 4 radical (unpaired) electrons. The highest BCUT2D eigenvalue weighted by atomic mass is 79.9. The fraction of sp³-hybridized carbons (Fsp3) is 0.833. The zero-order valence-electron chi connectivity index (χ0n) is 13.5. The van der Waals surface area contributed by atoms with E-state index >= 15 is 0 Å². The summed E-state index contributed by atoms with van der Waals surface area (Å²) in [6, 6.07) is 0. The number of nitrogens with zero attached hydrogens (tertiary/aromatic N) is 1. The first-order valence-electron chi connectivity index (χ1n) is 8.50. The number of hydrogen-bond donors (Lipinski definition) is 0. The van der Waals surface area contributed by atoms with E-state index in [-0.39, 0.29) is 0 Å². The van der Waals surface area contributed by atoms with Gasteiger partial charge in [-0.15, -0.1) is 0 Å². The van der Waals surface area contributed by atoms with Crippen LogP contribution in [0.5, 0.6) is 0 Å². The van der Waals surface area contributed by atoms with Crippen molar-refractivity contribution in [2.24, 2.45) is 0 Å². The predicted octanol–water partition coefficient (Wildman–Crippen LogP) is 5.31. The molecule has 0 fully saturated rings. The molecule has 0 aromatic rings. The number of alkyl halides is 1. The van der Waals surface area contributed by atoms with Crippen molar-refractivity contribution in [3.63, 3.8) is 0 Å². The number of carbonyl (C=O) groups is 1. The van der Waals surface area contributed by atoms with Crippen molar-refractivity contribution < 1.29 is 4.79 Å². The van der Waals surface area contributed by atoms with Gasteiger partial charge in [-0.05, 0) is 52.4 Å². The minimum atomic E-state index is 0.324. The third kappa shape index (κ3) is 13.3. The van der Waals surface area contributed by atoms with E-state index in [2.05, 4.69) is 20.8 Å². The molecule has 0 atom stereocenters. The molecule has 122 valence electrons. The van der Waals surface area contributed by atoms with Crippen molar-refractivity contribution in [2.45, 2.75) is 77.0 Å². The van der Waals surface area contributed by atoms with E-state index in [1.165, 1.54) is 0 Å². The van der Waals surface area contributed by atoms with E-state index < -0.39 is 0 Å². The molecular formula is C18H32BrNO. The van der Waals surface area contributed by atoms with Gasteiger partial charge in [0.05, 0.1) is 0 Å². The van der Waals surface area contributed by atoms with Gasteiger partial charge in [0.2, 0.25) is 5.91 Å². The lowest BCUT2D eigenvalue weighted by molar-refractivity contribution is -0.131. The van der Waals surface area contributed by atoms with E-state index in [9.17, 15) is 4.79 Å². The molecule has 0 spiro atoms. The molecule has 0 rings (SSSR count). The summed E-state index contributed by atoms with van der Waals surface area (Å²) in [5.41, 5.74) is 0. The summed E-state index contributed by atoms with van der Waals surface area (Å²) in [5.74, 6) is 0.324. The van der Waals surface area contributed by atoms with Gasteiger partial charge in [0.1, 0.15) is 0 Å². The van der Waals surface area contributed by atoms with Crippen molar-refractivity contribution in [3.05, 3.63) is 13.8 Å². The number of hydrogen-bond acceptors (Lipinski definition) is 1. The van der Waals surface area contributed by atoms with Crippen LogP contribution >= 0.6 is 15.9 Å². The van der Waals surface area contributed by atoms with Gasteiger partial charge in [-0.1, -0.05) is 48.0 Å². The average molecular weight is 358 g/mol. The Morgan fingerprint density at radius 3 is 1.76 bits per heavy atom. The SMILES string of the molecule is [CH]CCCCCN(CCCCC[CH])C(=O)CCCCCBr. The Labute approximate surface area is 141 Å². The van der Waals surface area contributed by atoms with Crippen molar-refractivity contribution in [1.29, 1.82) is 0 Å². The molecule has 0 aliphatic heterocycles. The van der Waals surface area contributed by atoms with Crippen molar-refractivity contribution >= 4 is 21.8 Å². The van der Waals surface area contributed by atoms with Crippen LogP contribution in [0.25, 0.3) is 0 Å². The monoisotopic (exact) mass is 357 g/mol. The molecule has 0 aromatic carbocycles. The van der Waals surface area contributed by atoms with E-state index in [0.29, 0.717) is 12.3 Å². The summed E-state index contributed by atoms with van der Waals surface area (Å²) in [6.07, 6.45) is 12.0. The van der Waals surface area contributed by atoms with Gasteiger partial charge >= 0.3 is 0 Å². The maximum atomic E-state index is 12.3. The second kappa shape index (κ2) is 16.3. The van der Waals surface area contributed by atoms with Crippen LogP contribution in [0.1, 0.15) is 77.0 Å². The summed E-state index contributed by atoms with van der Waals surface area (Å²) in [5, 5.41) is 1.03. The van der Waals surface area contributed by atoms with Crippen LogP contribution in [-0.4, -0.2) is 29.2 Å². The second-order valence-corrected chi connectivity index (χ2v) is 6.37. The zero-order valence-corrected chi connectivity index (χ0v) is 15.1.